The molecule has 0 saturated carbocycles. The van der Waals surface area contributed by atoms with Crippen LogP contribution in [0.2, 0.25) is 0 Å². The third-order valence-electron chi connectivity index (χ3n) is 4.20. The molecule has 22 heavy (non-hydrogen) atoms. The Morgan fingerprint density at radius 1 is 1.32 bits per heavy atom. The van der Waals surface area contributed by atoms with Crippen molar-refractivity contribution in [2.75, 3.05) is 13.1 Å². The van der Waals surface area contributed by atoms with Crippen LogP contribution in [0.15, 0.2) is 18.2 Å². The fraction of sp³-hybridized carbons (Fsp3) is 0.562. The van der Waals surface area contributed by atoms with Gasteiger partial charge in [-0.1, -0.05) is 6.07 Å². The minimum absolute atomic E-state index is 0.0258. The smallest absolute Gasteiger partial charge is 0.245 e. The van der Waals surface area contributed by atoms with Gasteiger partial charge in [0.2, 0.25) is 17.7 Å². The van der Waals surface area contributed by atoms with E-state index in [2.05, 4.69) is 10.3 Å². The molecule has 0 aliphatic carbocycles. The SMILES string of the molecule is Cc1cccc(OC2CCN(C(=O)[C@H]3CCC(=O)N3)CC2)n1. The second kappa shape index (κ2) is 6.34. The van der Waals surface area contributed by atoms with Crippen LogP contribution < -0.4 is 10.1 Å². The van der Waals surface area contributed by atoms with Crippen LogP contribution in [0.1, 0.15) is 31.4 Å². The van der Waals surface area contributed by atoms with Gasteiger partial charge in [0.05, 0.1) is 0 Å². The van der Waals surface area contributed by atoms with Crippen molar-refractivity contribution in [3.05, 3.63) is 23.9 Å². The highest BCUT2D eigenvalue weighted by atomic mass is 16.5. The van der Waals surface area contributed by atoms with E-state index in [0.717, 1.165) is 18.5 Å². The Kier molecular flexibility index (Phi) is 4.27. The summed E-state index contributed by atoms with van der Waals surface area (Å²) in [5.74, 6) is 0.660. The molecule has 1 N–H and O–H groups in total. The summed E-state index contributed by atoms with van der Waals surface area (Å²) in [7, 11) is 0. The summed E-state index contributed by atoms with van der Waals surface area (Å²) in [6.45, 7) is 3.27. The van der Waals surface area contributed by atoms with Crippen molar-refractivity contribution in [1.82, 2.24) is 15.2 Å². The quantitative estimate of drug-likeness (QED) is 0.905. The van der Waals surface area contributed by atoms with E-state index in [-0.39, 0.29) is 24.0 Å². The van der Waals surface area contributed by atoms with Gasteiger partial charge in [0.1, 0.15) is 12.1 Å². The molecule has 2 saturated heterocycles. The van der Waals surface area contributed by atoms with Crippen LogP contribution in [0.4, 0.5) is 0 Å². The largest absolute Gasteiger partial charge is 0.474 e. The Morgan fingerprint density at radius 3 is 2.73 bits per heavy atom. The third-order valence-corrected chi connectivity index (χ3v) is 4.20. The van der Waals surface area contributed by atoms with Crippen LogP contribution >= 0.6 is 0 Å². The van der Waals surface area contributed by atoms with E-state index in [4.69, 9.17) is 4.74 Å². The molecular weight excluding hydrogens is 282 g/mol. The summed E-state index contributed by atoms with van der Waals surface area (Å²) in [6.07, 6.45) is 2.75. The summed E-state index contributed by atoms with van der Waals surface area (Å²) >= 11 is 0. The fourth-order valence-corrected chi connectivity index (χ4v) is 2.97. The number of piperidine rings is 1. The normalized spacial score (nSPS) is 22.5. The minimum atomic E-state index is -0.330. The molecule has 2 fully saturated rings. The van der Waals surface area contributed by atoms with E-state index in [1.54, 1.807) is 0 Å². The molecule has 0 radical (unpaired) electrons. The van der Waals surface area contributed by atoms with E-state index in [0.29, 0.717) is 31.8 Å². The summed E-state index contributed by atoms with van der Waals surface area (Å²) in [5.41, 5.74) is 0.932. The zero-order chi connectivity index (χ0) is 15.5. The first-order chi connectivity index (χ1) is 10.6. The first-order valence-corrected chi connectivity index (χ1v) is 7.80. The molecule has 0 bridgehead atoms. The summed E-state index contributed by atoms with van der Waals surface area (Å²) < 4.78 is 5.89. The molecule has 0 aromatic carbocycles. The lowest BCUT2D eigenvalue weighted by Gasteiger charge is -2.33. The van der Waals surface area contributed by atoms with Gasteiger partial charge in [-0.2, -0.15) is 0 Å². The molecule has 2 aliphatic rings. The van der Waals surface area contributed by atoms with Gasteiger partial charge in [0, 0.05) is 44.1 Å². The lowest BCUT2D eigenvalue weighted by atomic mass is 10.1. The molecule has 1 aromatic rings. The number of likely N-dealkylation sites (tertiary alicyclic amines) is 1. The zero-order valence-electron chi connectivity index (χ0n) is 12.7. The average molecular weight is 303 g/mol. The Labute approximate surface area is 129 Å². The van der Waals surface area contributed by atoms with Crippen molar-refractivity contribution in [1.29, 1.82) is 0 Å². The molecule has 0 spiro atoms. The van der Waals surface area contributed by atoms with E-state index in [1.807, 2.05) is 30.0 Å². The maximum absolute atomic E-state index is 12.3. The van der Waals surface area contributed by atoms with Gasteiger partial charge in [-0.15, -0.1) is 0 Å². The second-order valence-corrected chi connectivity index (χ2v) is 5.92. The van der Waals surface area contributed by atoms with Gasteiger partial charge < -0.3 is 15.0 Å². The number of rotatable bonds is 3. The molecule has 0 unspecified atom stereocenters. The van der Waals surface area contributed by atoms with Gasteiger partial charge >= 0.3 is 0 Å². The lowest BCUT2D eigenvalue weighted by molar-refractivity contribution is -0.136. The summed E-state index contributed by atoms with van der Waals surface area (Å²) in [4.78, 5) is 29.7. The van der Waals surface area contributed by atoms with E-state index in [9.17, 15) is 9.59 Å². The predicted molar refractivity (Wildman–Crippen MR) is 80.4 cm³/mol. The molecular formula is C16H21N3O3. The van der Waals surface area contributed by atoms with Crippen LogP contribution in [0, 0.1) is 6.92 Å². The molecule has 6 heteroatoms. The number of pyridine rings is 1. The number of aryl methyl sites for hydroxylation is 1. The van der Waals surface area contributed by atoms with Crippen molar-refractivity contribution in [3.63, 3.8) is 0 Å². The molecule has 1 atom stereocenters. The number of nitrogens with zero attached hydrogens (tertiary/aromatic N) is 2. The first kappa shape index (κ1) is 14.8. The van der Waals surface area contributed by atoms with Gasteiger partial charge in [0.25, 0.3) is 0 Å². The van der Waals surface area contributed by atoms with Crippen molar-refractivity contribution >= 4 is 11.8 Å². The van der Waals surface area contributed by atoms with Crippen LogP contribution in [-0.4, -0.2) is 46.9 Å². The maximum Gasteiger partial charge on any atom is 0.245 e. The van der Waals surface area contributed by atoms with E-state index >= 15 is 0 Å². The molecule has 118 valence electrons. The van der Waals surface area contributed by atoms with Crippen molar-refractivity contribution in [2.24, 2.45) is 0 Å². The van der Waals surface area contributed by atoms with Crippen LogP contribution in [-0.2, 0) is 9.59 Å². The fourth-order valence-electron chi connectivity index (χ4n) is 2.97. The van der Waals surface area contributed by atoms with Crippen molar-refractivity contribution in [3.8, 4) is 5.88 Å². The zero-order valence-corrected chi connectivity index (χ0v) is 12.7. The number of nitrogens with one attached hydrogen (secondary N) is 1. The molecule has 6 nitrogen and oxygen atoms in total. The number of hydrogen-bond donors (Lipinski definition) is 1. The Hall–Kier alpha value is -2.11. The van der Waals surface area contributed by atoms with E-state index in [1.165, 1.54) is 0 Å². The van der Waals surface area contributed by atoms with E-state index < -0.39 is 0 Å². The van der Waals surface area contributed by atoms with Crippen LogP contribution in [0.5, 0.6) is 5.88 Å². The number of ether oxygens (including phenoxy) is 1. The summed E-state index contributed by atoms with van der Waals surface area (Å²) in [5, 5.41) is 2.74. The Balaban J connectivity index is 1.50. The lowest BCUT2D eigenvalue weighted by Crippen LogP contribution is -2.49. The van der Waals surface area contributed by atoms with Gasteiger partial charge in [0.15, 0.2) is 0 Å². The molecule has 2 amide bonds. The first-order valence-electron chi connectivity index (χ1n) is 7.80. The highest BCUT2D eigenvalue weighted by molar-refractivity contribution is 5.90. The Morgan fingerprint density at radius 2 is 2.09 bits per heavy atom. The maximum atomic E-state index is 12.3. The highest BCUT2D eigenvalue weighted by Gasteiger charge is 2.33. The van der Waals surface area contributed by atoms with Crippen molar-refractivity contribution < 1.29 is 14.3 Å². The standard InChI is InChI=1S/C16H21N3O3/c1-11-3-2-4-15(17-11)22-12-7-9-19(10-8-12)16(21)13-5-6-14(20)18-13/h2-4,12-13H,5-10H2,1H3,(H,18,20)/t13-/m1/s1. The monoisotopic (exact) mass is 303 g/mol. The van der Waals surface area contributed by atoms with Gasteiger partial charge in [-0.25, -0.2) is 4.98 Å². The highest BCUT2D eigenvalue weighted by Crippen LogP contribution is 2.19. The van der Waals surface area contributed by atoms with Gasteiger partial charge in [-0.05, 0) is 19.4 Å². The topological polar surface area (TPSA) is 71.5 Å². The van der Waals surface area contributed by atoms with Crippen molar-refractivity contribution in [2.45, 2.75) is 44.8 Å². The third kappa shape index (κ3) is 3.37. The van der Waals surface area contributed by atoms with Gasteiger partial charge in [-0.3, -0.25) is 9.59 Å². The number of carbonyl (C=O) groups excluding carboxylic acids is 2. The number of hydrogen-bond acceptors (Lipinski definition) is 4. The number of aromatic nitrogens is 1. The van der Waals surface area contributed by atoms with Crippen LogP contribution in [0.3, 0.4) is 0 Å². The average Bonchev–Trinajstić information content (AvgIpc) is 2.94. The Bertz CT molecular complexity index is 568. The number of amides is 2. The molecule has 2 aliphatic heterocycles. The molecule has 1 aromatic heterocycles. The second-order valence-electron chi connectivity index (χ2n) is 5.92. The van der Waals surface area contributed by atoms with Crippen LogP contribution in [0.25, 0.3) is 0 Å². The molecule has 3 rings (SSSR count). The predicted octanol–water partition coefficient (Wildman–Crippen LogP) is 1.04. The summed E-state index contributed by atoms with van der Waals surface area (Å²) in [6, 6.07) is 5.39. The molecule has 3 heterocycles. The minimum Gasteiger partial charge on any atom is -0.474 e. The number of carbonyl (C=O) groups is 2.